The SMILES string of the molecule is CN1C(=O)NC2(CCN(C(=O)c3ccc(N4CCOCC4)cc3)CC2)C1=O. The zero-order valence-electron chi connectivity index (χ0n) is 15.4. The van der Waals surface area contributed by atoms with E-state index in [9.17, 15) is 14.4 Å². The van der Waals surface area contributed by atoms with Crippen LogP contribution in [0.3, 0.4) is 0 Å². The van der Waals surface area contributed by atoms with Crippen molar-refractivity contribution in [3.63, 3.8) is 0 Å². The molecule has 27 heavy (non-hydrogen) atoms. The Morgan fingerprint density at radius 1 is 1.04 bits per heavy atom. The van der Waals surface area contributed by atoms with Crippen molar-refractivity contribution in [3.8, 4) is 0 Å². The highest BCUT2D eigenvalue weighted by Crippen LogP contribution is 2.29. The van der Waals surface area contributed by atoms with Crippen LogP contribution < -0.4 is 10.2 Å². The first-order chi connectivity index (χ1) is 13.0. The van der Waals surface area contributed by atoms with Gasteiger partial charge >= 0.3 is 6.03 Å². The van der Waals surface area contributed by atoms with Crippen LogP contribution in [0.4, 0.5) is 10.5 Å². The number of rotatable bonds is 2. The summed E-state index contributed by atoms with van der Waals surface area (Å²) in [5.74, 6) is -0.238. The summed E-state index contributed by atoms with van der Waals surface area (Å²) in [6.45, 7) is 4.06. The standard InChI is InChI=1S/C19H24N4O4/c1-21-17(25)19(20-18(21)26)6-8-23(9-7-19)16(24)14-2-4-15(5-3-14)22-10-12-27-13-11-22/h2-5H,6-13H2,1H3,(H,20,26). The molecule has 0 unspecified atom stereocenters. The number of hydrogen-bond donors (Lipinski definition) is 1. The number of carbonyl (C=O) groups is 3. The molecule has 0 atom stereocenters. The number of anilines is 1. The number of likely N-dealkylation sites (N-methyl/N-ethyl adjacent to an activating group) is 1. The third-order valence-corrected chi connectivity index (χ3v) is 5.76. The highest BCUT2D eigenvalue weighted by atomic mass is 16.5. The van der Waals surface area contributed by atoms with E-state index in [0.29, 0.717) is 31.5 Å². The summed E-state index contributed by atoms with van der Waals surface area (Å²) in [6.07, 6.45) is 0.888. The molecule has 8 heteroatoms. The maximum Gasteiger partial charge on any atom is 0.324 e. The van der Waals surface area contributed by atoms with Gasteiger partial charge in [-0.1, -0.05) is 0 Å². The molecule has 0 saturated carbocycles. The fraction of sp³-hybridized carbons (Fsp3) is 0.526. The molecule has 3 fully saturated rings. The van der Waals surface area contributed by atoms with Crippen LogP contribution in [-0.4, -0.2) is 79.6 Å². The van der Waals surface area contributed by atoms with Crippen LogP contribution in [0.1, 0.15) is 23.2 Å². The number of piperidine rings is 1. The minimum atomic E-state index is -0.844. The predicted octanol–water partition coefficient (Wildman–Crippen LogP) is 0.680. The molecule has 0 radical (unpaired) electrons. The maximum absolute atomic E-state index is 12.8. The maximum atomic E-state index is 12.8. The van der Waals surface area contributed by atoms with Gasteiger partial charge in [-0.25, -0.2) is 4.79 Å². The van der Waals surface area contributed by atoms with Crippen molar-refractivity contribution >= 4 is 23.5 Å². The summed E-state index contributed by atoms with van der Waals surface area (Å²) in [5.41, 5.74) is 0.889. The van der Waals surface area contributed by atoms with Gasteiger partial charge in [0.1, 0.15) is 5.54 Å². The second-order valence-electron chi connectivity index (χ2n) is 7.31. The third-order valence-electron chi connectivity index (χ3n) is 5.76. The Morgan fingerprint density at radius 2 is 1.67 bits per heavy atom. The Morgan fingerprint density at radius 3 is 2.22 bits per heavy atom. The van der Waals surface area contributed by atoms with Gasteiger partial charge in [-0.05, 0) is 37.1 Å². The van der Waals surface area contributed by atoms with E-state index in [1.165, 1.54) is 7.05 Å². The Balaban J connectivity index is 1.39. The second-order valence-corrected chi connectivity index (χ2v) is 7.31. The summed E-state index contributed by atoms with van der Waals surface area (Å²) in [5, 5.41) is 2.80. The fourth-order valence-corrected chi connectivity index (χ4v) is 4.00. The van der Waals surface area contributed by atoms with E-state index in [-0.39, 0.29) is 17.8 Å². The number of imide groups is 1. The largest absolute Gasteiger partial charge is 0.378 e. The third kappa shape index (κ3) is 3.14. The normalized spacial score (nSPS) is 22.3. The number of hydrogen-bond acceptors (Lipinski definition) is 5. The summed E-state index contributed by atoms with van der Waals surface area (Å²) >= 11 is 0. The first-order valence-electron chi connectivity index (χ1n) is 9.32. The van der Waals surface area contributed by atoms with Crippen molar-refractivity contribution in [2.45, 2.75) is 18.4 Å². The first kappa shape index (κ1) is 17.8. The lowest BCUT2D eigenvalue weighted by atomic mass is 9.87. The van der Waals surface area contributed by atoms with E-state index >= 15 is 0 Å². The number of nitrogens with zero attached hydrogens (tertiary/aromatic N) is 3. The van der Waals surface area contributed by atoms with E-state index in [1.54, 1.807) is 4.90 Å². The van der Waals surface area contributed by atoms with E-state index in [2.05, 4.69) is 10.2 Å². The number of carbonyl (C=O) groups excluding carboxylic acids is 3. The van der Waals surface area contributed by atoms with Crippen molar-refractivity contribution < 1.29 is 19.1 Å². The molecule has 8 nitrogen and oxygen atoms in total. The Hall–Kier alpha value is -2.61. The van der Waals surface area contributed by atoms with E-state index < -0.39 is 5.54 Å². The highest BCUT2D eigenvalue weighted by Gasteiger charge is 2.51. The molecule has 1 spiro atoms. The lowest BCUT2D eigenvalue weighted by molar-refractivity contribution is -0.131. The molecule has 4 rings (SSSR count). The minimum Gasteiger partial charge on any atom is -0.378 e. The summed E-state index contributed by atoms with van der Waals surface area (Å²) in [4.78, 5) is 42.0. The zero-order chi connectivity index (χ0) is 19.0. The van der Waals surface area contributed by atoms with Crippen molar-refractivity contribution in [2.75, 3.05) is 51.3 Å². The van der Waals surface area contributed by atoms with Crippen LogP contribution in [0.25, 0.3) is 0 Å². The molecule has 1 aromatic carbocycles. The Labute approximate surface area is 158 Å². The molecule has 3 aliphatic heterocycles. The van der Waals surface area contributed by atoms with Crippen LogP contribution in [0.15, 0.2) is 24.3 Å². The van der Waals surface area contributed by atoms with Gasteiger partial charge < -0.3 is 19.9 Å². The molecule has 4 amide bonds. The van der Waals surface area contributed by atoms with Gasteiger partial charge in [0.15, 0.2) is 0 Å². The van der Waals surface area contributed by atoms with Gasteiger partial charge in [0.05, 0.1) is 13.2 Å². The number of benzene rings is 1. The molecule has 3 aliphatic rings. The Bertz CT molecular complexity index is 749. The number of urea groups is 1. The van der Waals surface area contributed by atoms with E-state index in [0.717, 1.165) is 36.9 Å². The molecule has 144 valence electrons. The summed E-state index contributed by atoms with van der Waals surface area (Å²) < 4.78 is 5.37. The van der Waals surface area contributed by atoms with E-state index in [4.69, 9.17) is 4.74 Å². The summed E-state index contributed by atoms with van der Waals surface area (Å²) in [6, 6.07) is 7.29. The molecule has 0 bridgehead atoms. The predicted molar refractivity (Wildman–Crippen MR) is 98.6 cm³/mol. The fourth-order valence-electron chi connectivity index (χ4n) is 4.00. The molecule has 1 N–H and O–H groups in total. The molecular formula is C19H24N4O4. The van der Waals surface area contributed by atoms with Gasteiger partial charge in [-0.3, -0.25) is 14.5 Å². The van der Waals surface area contributed by atoms with Gasteiger partial charge in [-0.2, -0.15) is 0 Å². The van der Waals surface area contributed by atoms with Gasteiger partial charge in [0, 0.05) is 44.5 Å². The van der Waals surface area contributed by atoms with Gasteiger partial charge in [0.25, 0.3) is 11.8 Å². The lowest BCUT2D eigenvalue weighted by Crippen LogP contribution is -2.55. The average Bonchev–Trinajstić information content (AvgIpc) is 2.92. The molecular weight excluding hydrogens is 348 g/mol. The number of morpholine rings is 1. The second kappa shape index (κ2) is 6.84. The number of nitrogens with one attached hydrogen (secondary N) is 1. The number of ether oxygens (including phenoxy) is 1. The van der Waals surface area contributed by atoms with Gasteiger partial charge in [0.2, 0.25) is 0 Å². The highest BCUT2D eigenvalue weighted by molar-refractivity contribution is 6.07. The quantitative estimate of drug-likeness (QED) is 0.772. The van der Waals surface area contributed by atoms with E-state index in [1.807, 2.05) is 24.3 Å². The minimum absolute atomic E-state index is 0.0384. The average molecular weight is 372 g/mol. The molecule has 3 heterocycles. The zero-order valence-corrected chi connectivity index (χ0v) is 15.4. The molecule has 0 aliphatic carbocycles. The molecule has 0 aromatic heterocycles. The van der Waals surface area contributed by atoms with Crippen LogP contribution in [0.5, 0.6) is 0 Å². The van der Waals surface area contributed by atoms with Crippen LogP contribution >= 0.6 is 0 Å². The topological polar surface area (TPSA) is 82.2 Å². The number of amides is 4. The monoisotopic (exact) mass is 372 g/mol. The van der Waals surface area contributed by atoms with Crippen LogP contribution in [-0.2, 0) is 9.53 Å². The van der Waals surface area contributed by atoms with Crippen molar-refractivity contribution in [3.05, 3.63) is 29.8 Å². The van der Waals surface area contributed by atoms with Crippen molar-refractivity contribution in [2.24, 2.45) is 0 Å². The number of likely N-dealkylation sites (tertiary alicyclic amines) is 1. The molecule has 3 saturated heterocycles. The Kier molecular flexibility index (Phi) is 4.51. The lowest BCUT2D eigenvalue weighted by Gasteiger charge is -2.37. The van der Waals surface area contributed by atoms with Crippen molar-refractivity contribution in [1.29, 1.82) is 0 Å². The molecule has 1 aromatic rings. The summed E-state index contributed by atoms with van der Waals surface area (Å²) in [7, 11) is 1.49. The first-order valence-corrected chi connectivity index (χ1v) is 9.32. The van der Waals surface area contributed by atoms with Crippen LogP contribution in [0.2, 0.25) is 0 Å². The van der Waals surface area contributed by atoms with Crippen molar-refractivity contribution in [1.82, 2.24) is 15.1 Å². The smallest absolute Gasteiger partial charge is 0.324 e. The van der Waals surface area contributed by atoms with Gasteiger partial charge in [-0.15, -0.1) is 0 Å². The van der Waals surface area contributed by atoms with Crippen LogP contribution in [0, 0.1) is 0 Å².